The highest BCUT2D eigenvalue weighted by atomic mass is 16.1. The van der Waals surface area contributed by atoms with Gasteiger partial charge in [0.05, 0.1) is 5.69 Å². The SMILES string of the molecule is [CH2]Cn1cccc1C=O. The van der Waals surface area contributed by atoms with Crippen molar-refractivity contribution >= 4 is 6.29 Å². The molecule has 0 saturated carbocycles. The Morgan fingerprint density at radius 2 is 2.56 bits per heavy atom. The molecule has 0 amide bonds. The zero-order valence-corrected chi connectivity index (χ0v) is 5.08. The van der Waals surface area contributed by atoms with Crippen LogP contribution in [-0.2, 0) is 6.54 Å². The summed E-state index contributed by atoms with van der Waals surface area (Å²) in [5, 5.41) is 0. The van der Waals surface area contributed by atoms with E-state index in [-0.39, 0.29) is 0 Å². The maximum Gasteiger partial charge on any atom is 0.166 e. The first-order chi connectivity index (χ1) is 4.38. The Hall–Kier alpha value is -1.05. The van der Waals surface area contributed by atoms with Gasteiger partial charge in [-0.3, -0.25) is 4.79 Å². The van der Waals surface area contributed by atoms with E-state index < -0.39 is 0 Å². The smallest absolute Gasteiger partial charge is 0.166 e. The minimum absolute atomic E-state index is 0.612. The summed E-state index contributed by atoms with van der Waals surface area (Å²) in [4.78, 5) is 10.2. The zero-order valence-electron chi connectivity index (χ0n) is 5.08. The lowest BCUT2D eigenvalue weighted by Crippen LogP contribution is -1.96. The number of aromatic nitrogens is 1. The van der Waals surface area contributed by atoms with Crippen molar-refractivity contribution in [3.8, 4) is 0 Å². The first-order valence-electron chi connectivity index (χ1n) is 2.78. The quantitative estimate of drug-likeness (QED) is 0.539. The molecular weight excluding hydrogens is 114 g/mol. The van der Waals surface area contributed by atoms with Crippen LogP contribution in [0.15, 0.2) is 18.3 Å². The number of carbonyl (C=O) groups is 1. The molecule has 0 atom stereocenters. The van der Waals surface area contributed by atoms with Gasteiger partial charge in [-0.05, 0) is 19.1 Å². The fourth-order valence-electron chi connectivity index (χ4n) is 0.738. The summed E-state index contributed by atoms with van der Waals surface area (Å²) < 4.78 is 1.78. The highest BCUT2D eigenvalue weighted by molar-refractivity contribution is 5.72. The second-order valence-electron chi connectivity index (χ2n) is 1.74. The highest BCUT2D eigenvalue weighted by Gasteiger charge is 1.92. The standard InChI is InChI=1S/C7H8NO/c1-2-8-5-3-4-7(8)6-9/h3-6H,1-2H2. The van der Waals surface area contributed by atoms with Crippen molar-refractivity contribution in [2.75, 3.05) is 0 Å². The van der Waals surface area contributed by atoms with Crippen LogP contribution in [0.4, 0.5) is 0 Å². The molecule has 1 aromatic heterocycles. The van der Waals surface area contributed by atoms with E-state index in [0.717, 1.165) is 6.29 Å². The van der Waals surface area contributed by atoms with Gasteiger partial charge in [-0.1, -0.05) is 0 Å². The van der Waals surface area contributed by atoms with Crippen LogP contribution in [-0.4, -0.2) is 10.9 Å². The average molecular weight is 122 g/mol. The second-order valence-corrected chi connectivity index (χ2v) is 1.74. The molecule has 0 bridgehead atoms. The molecule has 2 nitrogen and oxygen atoms in total. The third-order valence-electron chi connectivity index (χ3n) is 1.23. The summed E-state index contributed by atoms with van der Waals surface area (Å²) in [6.07, 6.45) is 2.65. The Labute approximate surface area is 54.1 Å². The Morgan fingerprint density at radius 1 is 1.78 bits per heavy atom. The van der Waals surface area contributed by atoms with Gasteiger partial charge in [0.1, 0.15) is 0 Å². The van der Waals surface area contributed by atoms with Crippen LogP contribution in [0.5, 0.6) is 0 Å². The van der Waals surface area contributed by atoms with Gasteiger partial charge in [0.15, 0.2) is 6.29 Å². The van der Waals surface area contributed by atoms with E-state index in [4.69, 9.17) is 0 Å². The Balaban J connectivity index is 2.98. The molecule has 0 N–H and O–H groups in total. The van der Waals surface area contributed by atoms with Gasteiger partial charge >= 0.3 is 0 Å². The van der Waals surface area contributed by atoms with E-state index in [1.54, 1.807) is 10.6 Å². The zero-order chi connectivity index (χ0) is 6.69. The molecule has 1 heterocycles. The monoisotopic (exact) mass is 122 g/mol. The molecule has 1 aromatic rings. The maximum absolute atomic E-state index is 10.2. The third kappa shape index (κ3) is 1.02. The first-order valence-corrected chi connectivity index (χ1v) is 2.78. The number of nitrogens with zero attached hydrogens (tertiary/aromatic N) is 1. The summed E-state index contributed by atoms with van der Waals surface area (Å²) in [5.74, 6) is 0. The lowest BCUT2D eigenvalue weighted by molar-refractivity contribution is 0.111. The van der Waals surface area contributed by atoms with Crippen molar-refractivity contribution in [2.24, 2.45) is 0 Å². The maximum atomic E-state index is 10.2. The predicted octanol–water partition coefficient (Wildman–Crippen LogP) is 1.13. The van der Waals surface area contributed by atoms with E-state index in [2.05, 4.69) is 6.92 Å². The fourth-order valence-corrected chi connectivity index (χ4v) is 0.738. The number of hydrogen-bond acceptors (Lipinski definition) is 1. The molecule has 1 rings (SSSR count). The average Bonchev–Trinajstić information content (AvgIpc) is 2.33. The predicted molar refractivity (Wildman–Crippen MR) is 35.2 cm³/mol. The third-order valence-corrected chi connectivity index (χ3v) is 1.23. The van der Waals surface area contributed by atoms with Gasteiger partial charge in [-0.2, -0.15) is 0 Å². The molecule has 0 aromatic carbocycles. The van der Waals surface area contributed by atoms with E-state index in [1.807, 2.05) is 12.3 Å². The summed E-state index contributed by atoms with van der Waals surface area (Å²) in [6, 6.07) is 3.59. The molecule has 0 saturated heterocycles. The number of rotatable bonds is 2. The summed E-state index contributed by atoms with van der Waals surface area (Å²) >= 11 is 0. The minimum atomic E-state index is 0.612. The molecule has 0 fully saturated rings. The molecule has 47 valence electrons. The molecule has 0 aliphatic rings. The van der Waals surface area contributed by atoms with Gasteiger partial charge in [0.25, 0.3) is 0 Å². The van der Waals surface area contributed by atoms with Crippen molar-refractivity contribution < 1.29 is 4.79 Å². The summed E-state index contributed by atoms with van der Waals surface area (Å²) in [5.41, 5.74) is 0.685. The molecule has 1 radical (unpaired) electrons. The van der Waals surface area contributed by atoms with E-state index in [9.17, 15) is 4.79 Å². The molecule has 0 spiro atoms. The summed E-state index contributed by atoms with van der Waals surface area (Å²) in [6.45, 7) is 4.25. The fraction of sp³-hybridized carbons (Fsp3) is 0.143. The van der Waals surface area contributed by atoms with Gasteiger partial charge in [0, 0.05) is 12.7 Å². The number of hydrogen-bond donors (Lipinski definition) is 0. The van der Waals surface area contributed by atoms with Crippen molar-refractivity contribution in [1.82, 2.24) is 4.57 Å². The van der Waals surface area contributed by atoms with Gasteiger partial charge in [-0.15, -0.1) is 0 Å². The van der Waals surface area contributed by atoms with Gasteiger partial charge in [-0.25, -0.2) is 0 Å². The van der Waals surface area contributed by atoms with Crippen LogP contribution in [0.3, 0.4) is 0 Å². The molecule has 2 heteroatoms. The van der Waals surface area contributed by atoms with Crippen molar-refractivity contribution in [1.29, 1.82) is 0 Å². The molecule has 9 heavy (non-hydrogen) atoms. The lowest BCUT2D eigenvalue weighted by Gasteiger charge is -1.96. The van der Waals surface area contributed by atoms with Crippen molar-refractivity contribution in [2.45, 2.75) is 6.54 Å². The highest BCUT2D eigenvalue weighted by Crippen LogP contribution is 1.96. The summed E-state index contributed by atoms with van der Waals surface area (Å²) in [7, 11) is 0. The topological polar surface area (TPSA) is 22.0 Å². The molecule has 0 aliphatic carbocycles. The lowest BCUT2D eigenvalue weighted by atomic mass is 10.5. The Kier molecular flexibility index (Phi) is 1.68. The van der Waals surface area contributed by atoms with Crippen molar-refractivity contribution in [3.63, 3.8) is 0 Å². The Bertz CT molecular complexity index is 202. The second kappa shape index (κ2) is 2.49. The first kappa shape index (κ1) is 6.08. The van der Waals surface area contributed by atoms with Crippen LogP contribution in [0.1, 0.15) is 10.5 Å². The molecular formula is C7H8NO. The largest absolute Gasteiger partial charge is 0.345 e. The van der Waals surface area contributed by atoms with Gasteiger partial charge < -0.3 is 4.57 Å². The van der Waals surface area contributed by atoms with Crippen LogP contribution in [0, 0.1) is 6.92 Å². The van der Waals surface area contributed by atoms with Crippen LogP contribution in [0.2, 0.25) is 0 Å². The van der Waals surface area contributed by atoms with E-state index in [0.29, 0.717) is 12.2 Å². The van der Waals surface area contributed by atoms with Crippen LogP contribution >= 0.6 is 0 Å². The van der Waals surface area contributed by atoms with E-state index in [1.165, 1.54) is 0 Å². The van der Waals surface area contributed by atoms with Crippen LogP contribution in [0.25, 0.3) is 0 Å². The Morgan fingerprint density at radius 3 is 3.00 bits per heavy atom. The minimum Gasteiger partial charge on any atom is -0.345 e. The van der Waals surface area contributed by atoms with Crippen molar-refractivity contribution in [3.05, 3.63) is 30.9 Å². The van der Waals surface area contributed by atoms with E-state index >= 15 is 0 Å². The number of carbonyl (C=O) groups excluding carboxylic acids is 1. The normalized spacial score (nSPS) is 9.44. The van der Waals surface area contributed by atoms with Gasteiger partial charge in [0.2, 0.25) is 0 Å². The van der Waals surface area contributed by atoms with Crippen LogP contribution < -0.4 is 0 Å². The number of aldehydes is 1. The molecule has 0 aliphatic heterocycles. The molecule has 0 unspecified atom stereocenters.